The molecule has 2 rings (SSSR count). The first-order valence-corrected chi connectivity index (χ1v) is 5.54. The average Bonchev–Trinajstić information content (AvgIpc) is 2.92. The summed E-state index contributed by atoms with van der Waals surface area (Å²) < 4.78 is 12.4. The van der Waals surface area contributed by atoms with Gasteiger partial charge in [0, 0.05) is 19.2 Å². The van der Waals surface area contributed by atoms with Crippen molar-refractivity contribution >= 4 is 0 Å². The molecule has 0 aromatic carbocycles. The zero-order valence-corrected chi connectivity index (χ0v) is 10.0. The molecule has 0 aliphatic carbocycles. The van der Waals surface area contributed by atoms with E-state index in [1.807, 2.05) is 6.07 Å². The van der Waals surface area contributed by atoms with E-state index in [0.29, 0.717) is 12.6 Å². The van der Waals surface area contributed by atoms with E-state index >= 15 is 0 Å². The van der Waals surface area contributed by atoms with Crippen LogP contribution in [-0.2, 0) is 20.2 Å². The predicted molar refractivity (Wildman–Crippen MR) is 61.4 cm³/mol. The maximum atomic E-state index is 5.43. The quantitative estimate of drug-likeness (QED) is 0.813. The molecule has 2 aromatic heterocycles. The molecule has 6 heteroatoms. The van der Waals surface area contributed by atoms with Crippen molar-refractivity contribution < 1.29 is 9.15 Å². The lowest BCUT2D eigenvalue weighted by atomic mass is 10.2. The van der Waals surface area contributed by atoms with Gasteiger partial charge in [0.2, 0.25) is 0 Å². The van der Waals surface area contributed by atoms with E-state index in [0.717, 1.165) is 24.4 Å². The number of nitrogens with one attached hydrogen (secondary N) is 1. The Labute approximate surface area is 99.6 Å². The second-order valence-corrected chi connectivity index (χ2v) is 3.64. The Morgan fingerprint density at radius 2 is 2.41 bits per heavy atom. The van der Waals surface area contributed by atoms with Crippen LogP contribution < -0.4 is 10.1 Å². The van der Waals surface area contributed by atoms with Gasteiger partial charge in [-0.05, 0) is 12.6 Å². The van der Waals surface area contributed by atoms with Crippen LogP contribution in [0.2, 0.25) is 0 Å². The topological polar surface area (TPSA) is 65.1 Å². The highest BCUT2D eigenvalue weighted by atomic mass is 16.5. The lowest BCUT2D eigenvalue weighted by molar-refractivity contribution is 0.247. The largest absolute Gasteiger partial charge is 0.465 e. The number of hydrogen-bond acceptors (Lipinski definition) is 5. The van der Waals surface area contributed by atoms with Gasteiger partial charge in [-0.25, -0.2) is 0 Å². The number of furan rings is 1. The highest BCUT2D eigenvalue weighted by molar-refractivity contribution is 5.16. The Kier molecular flexibility index (Phi) is 3.77. The minimum absolute atomic E-state index is 0.345. The van der Waals surface area contributed by atoms with Gasteiger partial charge in [0.05, 0.1) is 6.26 Å². The lowest BCUT2D eigenvalue weighted by Gasteiger charge is -2.03. The van der Waals surface area contributed by atoms with E-state index in [1.54, 1.807) is 24.3 Å². The molecule has 6 nitrogen and oxygen atoms in total. The molecule has 0 saturated heterocycles. The first kappa shape index (κ1) is 11.7. The summed E-state index contributed by atoms with van der Waals surface area (Å²) in [7, 11) is 1.79. The van der Waals surface area contributed by atoms with Gasteiger partial charge in [0.1, 0.15) is 18.7 Å². The van der Waals surface area contributed by atoms with Crippen LogP contribution in [0.3, 0.4) is 0 Å². The Morgan fingerprint density at radius 1 is 1.53 bits per heavy atom. The van der Waals surface area contributed by atoms with Gasteiger partial charge in [-0.3, -0.25) is 4.68 Å². The van der Waals surface area contributed by atoms with Crippen molar-refractivity contribution in [1.82, 2.24) is 20.1 Å². The van der Waals surface area contributed by atoms with Crippen molar-refractivity contribution in [3.8, 4) is 6.01 Å². The van der Waals surface area contributed by atoms with Crippen LogP contribution in [-0.4, -0.2) is 21.3 Å². The Balaban J connectivity index is 1.92. The van der Waals surface area contributed by atoms with E-state index in [1.165, 1.54) is 0 Å². The number of aryl methyl sites for hydroxylation is 1. The minimum Gasteiger partial charge on any atom is -0.465 e. The van der Waals surface area contributed by atoms with Crippen molar-refractivity contribution in [1.29, 1.82) is 0 Å². The molecule has 17 heavy (non-hydrogen) atoms. The molecule has 0 spiro atoms. The van der Waals surface area contributed by atoms with E-state index in [-0.39, 0.29) is 0 Å². The molecular weight excluding hydrogens is 220 g/mol. The van der Waals surface area contributed by atoms with Gasteiger partial charge in [0.15, 0.2) is 0 Å². The molecular formula is C11H16N4O2. The smallest absolute Gasteiger partial charge is 0.335 e. The highest BCUT2D eigenvalue weighted by Crippen LogP contribution is 2.12. The van der Waals surface area contributed by atoms with Gasteiger partial charge >= 0.3 is 6.01 Å². The first-order valence-electron chi connectivity index (χ1n) is 5.54. The molecule has 0 radical (unpaired) electrons. The van der Waals surface area contributed by atoms with Crippen LogP contribution in [0.4, 0.5) is 0 Å². The zero-order valence-electron chi connectivity index (χ0n) is 10.0. The molecule has 0 aliphatic rings. The number of aromatic nitrogens is 3. The summed E-state index contributed by atoms with van der Waals surface area (Å²) in [6, 6.07) is 2.30. The fraction of sp³-hybridized carbons (Fsp3) is 0.455. The third-order valence-corrected chi connectivity index (χ3v) is 2.31. The number of nitrogens with zero attached hydrogens (tertiary/aromatic N) is 3. The molecule has 0 atom stereocenters. The summed E-state index contributed by atoms with van der Waals surface area (Å²) in [5.41, 5.74) is 1.10. The molecule has 2 heterocycles. The maximum absolute atomic E-state index is 5.43. The molecule has 0 bridgehead atoms. The van der Waals surface area contributed by atoms with Crippen molar-refractivity contribution in [2.24, 2.45) is 7.05 Å². The monoisotopic (exact) mass is 236 g/mol. The third-order valence-electron chi connectivity index (χ3n) is 2.31. The SMILES string of the molecule is CCNCc1ccoc1COc1ncn(C)n1. The predicted octanol–water partition coefficient (Wildman–Crippen LogP) is 1.10. The van der Waals surface area contributed by atoms with Gasteiger partial charge < -0.3 is 14.5 Å². The average molecular weight is 236 g/mol. The highest BCUT2D eigenvalue weighted by Gasteiger charge is 2.08. The zero-order chi connectivity index (χ0) is 12.1. The van der Waals surface area contributed by atoms with Crippen molar-refractivity contribution in [3.63, 3.8) is 0 Å². The third kappa shape index (κ3) is 3.07. The fourth-order valence-corrected chi connectivity index (χ4v) is 1.43. The molecule has 0 saturated carbocycles. The van der Waals surface area contributed by atoms with Crippen molar-refractivity contribution in [2.45, 2.75) is 20.1 Å². The summed E-state index contributed by atoms with van der Waals surface area (Å²) in [5, 5.41) is 7.27. The second-order valence-electron chi connectivity index (χ2n) is 3.64. The van der Waals surface area contributed by atoms with Crippen LogP contribution in [0.5, 0.6) is 6.01 Å². The first-order chi connectivity index (χ1) is 8.29. The Bertz CT molecular complexity index is 463. The molecule has 2 aromatic rings. The molecule has 0 fully saturated rings. The normalized spacial score (nSPS) is 10.7. The number of ether oxygens (including phenoxy) is 1. The van der Waals surface area contributed by atoms with Gasteiger partial charge in [-0.2, -0.15) is 4.98 Å². The second kappa shape index (κ2) is 5.49. The van der Waals surface area contributed by atoms with Crippen LogP contribution in [0.1, 0.15) is 18.2 Å². The lowest BCUT2D eigenvalue weighted by Crippen LogP contribution is -2.12. The molecule has 1 N–H and O–H groups in total. The number of rotatable bonds is 6. The Hall–Kier alpha value is -1.82. The minimum atomic E-state index is 0.345. The summed E-state index contributed by atoms with van der Waals surface area (Å²) in [6.07, 6.45) is 3.26. The summed E-state index contributed by atoms with van der Waals surface area (Å²) in [5.74, 6) is 0.804. The molecule has 0 aliphatic heterocycles. The van der Waals surface area contributed by atoms with E-state index in [4.69, 9.17) is 9.15 Å². The summed E-state index contributed by atoms with van der Waals surface area (Å²) in [6.45, 7) is 4.11. The number of hydrogen-bond donors (Lipinski definition) is 1. The summed E-state index contributed by atoms with van der Waals surface area (Å²) >= 11 is 0. The van der Waals surface area contributed by atoms with E-state index < -0.39 is 0 Å². The van der Waals surface area contributed by atoms with Crippen molar-refractivity contribution in [2.75, 3.05) is 6.54 Å². The van der Waals surface area contributed by atoms with E-state index in [2.05, 4.69) is 22.3 Å². The molecule has 0 unspecified atom stereocenters. The van der Waals surface area contributed by atoms with Gasteiger partial charge in [-0.15, -0.1) is 5.10 Å². The summed E-state index contributed by atoms with van der Waals surface area (Å²) in [4.78, 5) is 3.98. The van der Waals surface area contributed by atoms with Crippen LogP contribution in [0, 0.1) is 0 Å². The van der Waals surface area contributed by atoms with Gasteiger partial charge in [0.25, 0.3) is 0 Å². The fourth-order valence-electron chi connectivity index (χ4n) is 1.43. The van der Waals surface area contributed by atoms with Crippen LogP contribution >= 0.6 is 0 Å². The molecule has 0 amide bonds. The van der Waals surface area contributed by atoms with Gasteiger partial charge in [-0.1, -0.05) is 6.92 Å². The maximum Gasteiger partial charge on any atom is 0.335 e. The van der Waals surface area contributed by atoms with Crippen LogP contribution in [0.25, 0.3) is 0 Å². The Morgan fingerprint density at radius 3 is 3.12 bits per heavy atom. The van der Waals surface area contributed by atoms with Crippen LogP contribution in [0.15, 0.2) is 23.1 Å². The molecule has 92 valence electrons. The van der Waals surface area contributed by atoms with E-state index in [9.17, 15) is 0 Å². The van der Waals surface area contributed by atoms with Crippen molar-refractivity contribution in [3.05, 3.63) is 30.0 Å². The standard InChI is InChI=1S/C11H16N4O2/c1-3-12-6-9-4-5-16-10(9)7-17-11-13-8-15(2)14-11/h4-5,8,12H,3,6-7H2,1-2H3.